The number of hydrogen-bond acceptors (Lipinski definition) is 3. The highest BCUT2D eigenvalue weighted by Crippen LogP contribution is 2.31. The highest BCUT2D eigenvalue weighted by atomic mass is 35.5. The summed E-state index contributed by atoms with van der Waals surface area (Å²) in [7, 11) is 0. The van der Waals surface area contributed by atoms with Gasteiger partial charge in [0.15, 0.2) is 0 Å². The SMILES string of the molecule is CC(C)(CCC(=O)O)NC(=O)C1CC(=O)N(c2ccccc2Cl)C1. The maximum atomic E-state index is 12.4. The van der Waals surface area contributed by atoms with E-state index in [4.69, 9.17) is 16.7 Å². The number of aliphatic carboxylic acids is 1. The van der Waals surface area contributed by atoms with Gasteiger partial charge in [0.25, 0.3) is 0 Å². The first kappa shape index (κ1) is 18.3. The molecule has 1 aromatic rings. The molecule has 1 saturated heterocycles. The molecule has 0 spiro atoms. The molecule has 2 amide bonds. The average Bonchev–Trinajstić information content (AvgIpc) is 2.87. The molecule has 1 fully saturated rings. The maximum Gasteiger partial charge on any atom is 0.303 e. The molecule has 1 aliphatic rings. The quantitative estimate of drug-likeness (QED) is 0.823. The molecule has 1 aromatic carbocycles. The van der Waals surface area contributed by atoms with E-state index in [1.807, 2.05) is 0 Å². The number of benzene rings is 1. The summed E-state index contributed by atoms with van der Waals surface area (Å²) in [6.45, 7) is 3.82. The van der Waals surface area contributed by atoms with Gasteiger partial charge in [0, 0.05) is 24.9 Å². The predicted octanol–water partition coefficient (Wildman–Crippen LogP) is 2.45. The molecule has 1 atom stereocenters. The largest absolute Gasteiger partial charge is 0.481 e. The summed E-state index contributed by atoms with van der Waals surface area (Å²) in [5.74, 6) is -1.77. The third-order valence-corrected chi connectivity index (χ3v) is 4.38. The van der Waals surface area contributed by atoms with Crippen molar-refractivity contribution < 1.29 is 19.5 Å². The lowest BCUT2D eigenvalue weighted by Crippen LogP contribution is -2.46. The van der Waals surface area contributed by atoms with Gasteiger partial charge in [0.2, 0.25) is 11.8 Å². The number of rotatable bonds is 6. The number of carboxylic acid groups (broad SMARTS) is 1. The van der Waals surface area contributed by atoms with E-state index < -0.39 is 17.4 Å². The fourth-order valence-corrected chi connectivity index (χ4v) is 2.94. The maximum absolute atomic E-state index is 12.4. The second-order valence-corrected chi connectivity index (χ2v) is 7.03. The van der Waals surface area contributed by atoms with Crippen LogP contribution in [0.2, 0.25) is 5.02 Å². The summed E-state index contributed by atoms with van der Waals surface area (Å²) in [6, 6.07) is 7.02. The van der Waals surface area contributed by atoms with Crippen molar-refractivity contribution in [2.45, 2.75) is 38.6 Å². The van der Waals surface area contributed by atoms with Crippen LogP contribution in [0.3, 0.4) is 0 Å². The van der Waals surface area contributed by atoms with Gasteiger partial charge in [0.1, 0.15) is 0 Å². The Morgan fingerprint density at radius 2 is 2.04 bits per heavy atom. The fraction of sp³-hybridized carbons (Fsp3) is 0.471. The van der Waals surface area contributed by atoms with Gasteiger partial charge in [-0.15, -0.1) is 0 Å². The van der Waals surface area contributed by atoms with E-state index in [-0.39, 0.29) is 31.2 Å². The lowest BCUT2D eigenvalue weighted by atomic mass is 9.96. The first-order valence-corrected chi connectivity index (χ1v) is 8.16. The molecule has 0 radical (unpaired) electrons. The van der Waals surface area contributed by atoms with Gasteiger partial charge < -0.3 is 15.3 Å². The fourth-order valence-electron chi connectivity index (χ4n) is 2.70. The van der Waals surface area contributed by atoms with Crippen LogP contribution in [0, 0.1) is 5.92 Å². The number of carbonyl (C=O) groups excluding carboxylic acids is 2. The van der Waals surface area contributed by atoms with Gasteiger partial charge in [-0.05, 0) is 32.4 Å². The predicted molar refractivity (Wildman–Crippen MR) is 91.0 cm³/mol. The number of para-hydroxylation sites is 1. The highest BCUT2D eigenvalue weighted by Gasteiger charge is 2.37. The van der Waals surface area contributed by atoms with Crippen molar-refractivity contribution in [1.82, 2.24) is 5.32 Å². The van der Waals surface area contributed by atoms with Crippen LogP contribution in [0.25, 0.3) is 0 Å². The lowest BCUT2D eigenvalue weighted by molar-refractivity contribution is -0.138. The van der Waals surface area contributed by atoms with Gasteiger partial charge in [0.05, 0.1) is 16.6 Å². The first-order valence-electron chi connectivity index (χ1n) is 7.78. The third-order valence-electron chi connectivity index (χ3n) is 4.06. The van der Waals surface area contributed by atoms with Crippen LogP contribution < -0.4 is 10.2 Å². The molecule has 0 aromatic heterocycles. The Morgan fingerprint density at radius 1 is 1.38 bits per heavy atom. The molecule has 0 bridgehead atoms. The van der Waals surface area contributed by atoms with Crippen molar-refractivity contribution in [2.75, 3.05) is 11.4 Å². The molecule has 2 rings (SSSR count). The zero-order valence-corrected chi connectivity index (χ0v) is 14.5. The zero-order chi connectivity index (χ0) is 17.9. The summed E-state index contributed by atoms with van der Waals surface area (Å²) in [6.07, 6.45) is 0.414. The topological polar surface area (TPSA) is 86.7 Å². The van der Waals surface area contributed by atoms with Gasteiger partial charge in [-0.25, -0.2) is 0 Å². The second kappa shape index (κ2) is 7.21. The molecular formula is C17H21ClN2O4. The zero-order valence-electron chi connectivity index (χ0n) is 13.7. The van der Waals surface area contributed by atoms with Crippen LogP contribution in [-0.2, 0) is 14.4 Å². The van der Waals surface area contributed by atoms with Crippen molar-refractivity contribution in [1.29, 1.82) is 0 Å². The second-order valence-electron chi connectivity index (χ2n) is 6.62. The minimum atomic E-state index is -0.904. The third kappa shape index (κ3) is 4.47. The first-order chi connectivity index (χ1) is 11.2. The number of carboxylic acids is 1. The number of carbonyl (C=O) groups is 3. The van der Waals surface area contributed by atoms with E-state index in [2.05, 4.69) is 5.32 Å². The van der Waals surface area contributed by atoms with E-state index in [9.17, 15) is 14.4 Å². The molecular weight excluding hydrogens is 332 g/mol. The Kier molecular flexibility index (Phi) is 5.49. The monoisotopic (exact) mass is 352 g/mol. The number of nitrogens with zero attached hydrogens (tertiary/aromatic N) is 1. The van der Waals surface area contributed by atoms with Crippen LogP contribution in [0.5, 0.6) is 0 Å². The lowest BCUT2D eigenvalue weighted by Gasteiger charge is -2.27. The normalized spacial score (nSPS) is 17.9. The molecule has 1 heterocycles. The summed E-state index contributed by atoms with van der Waals surface area (Å²) in [5, 5.41) is 12.1. The number of hydrogen-bond donors (Lipinski definition) is 2. The van der Waals surface area contributed by atoms with Crippen LogP contribution in [0.1, 0.15) is 33.1 Å². The number of halogens is 1. The smallest absolute Gasteiger partial charge is 0.303 e. The van der Waals surface area contributed by atoms with Crippen LogP contribution in [-0.4, -0.2) is 35.0 Å². The Labute approximate surface area is 145 Å². The van der Waals surface area contributed by atoms with Crippen molar-refractivity contribution in [2.24, 2.45) is 5.92 Å². The summed E-state index contributed by atoms with van der Waals surface area (Å²) >= 11 is 6.12. The van der Waals surface area contributed by atoms with Gasteiger partial charge >= 0.3 is 5.97 Å². The Morgan fingerprint density at radius 3 is 2.67 bits per heavy atom. The molecule has 1 unspecified atom stereocenters. The van der Waals surface area contributed by atoms with Crippen molar-refractivity contribution in [3.8, 4) is 0 Å². The molecule has 130 valence electrons. The number of anilines is 1. The Bertz CT molecular complexity index is 660. The van der Waals surface area contributed by atoms with E-state index in [0.29, 0.717) is 17.1 Å². The molecule has 24 heavy (non-hydrogen) atoms. The molecule has 2 N–H and O–H groups in total. The summed E-state index contributed by atoms with van der Waals surface area (Å²) < 4.78 is 0. The van der Waals surface area contributed by atoms with E-state index in [0.717, 1.165) is 0 Å². The van der Waals surface area contributed by atoms with Crippen molar-refractivity contribution >= 4 is 35.1 Å². The number of nitrogens with one attached hydrogen (secondary N) is 1. The van der Waals surface area contributed by atoms with Gasteiger partial charge in [-0.3, -0.25) is 14.4 Å². The molecule has 6 nitrogen and oxygen atoms in total. The van der Waals surface area contributed by atoms with Crippen LogP contribution in [0.4, 0.5) is 5.69 Å². The average molecular weight is 353 g/mol. The van der Waals surface area contributed by atoms with E-state index in [1.54, 1.807) is 38.1 Å². The minimum Gasteiger partial charge on any atom is -0.481 e. The molecule has 0 saturated carbocycles. The molecule has 0 aliphatic carbocycles. The highest BCUT2D eigenvalue weighted by molar-refractivity contribution is 6.33. The molecule has 7 heteroatoms. The standard InChI is InChI=1S/C17H21ClN2O4/c1-17(2,8-7-15(22)23)19-16(24)11-9-14(21)20(10-11)13-6-4-3-5-12(13)18/h3-6,11H,7-10H2,1-2H3,(H,19,24)(H,22,23). The number of amides is 2. The van der Waals surface area contributed by atoms with E-state index >= 15 is 0 Å². The summed E-state index contributed by atoms with van der Waals surface area (Å²) in [5.41, 5.74) is -0.0410. The van der Waals surface area contributed by atoms with Gasteiger partial charge in [-0.1, -0.05) is 23.7 Å². The van der Waals surface area contributed by atoms with Crippen LogP contribution >= 0.6 is 11.6 Å². The van der Waals surface area contributed by atoms with Crippen molar-refractivity contribution in [3.63, 3.8) is 0 Å². The summed E-state index contributed by atoms with van der Waals surface area (Å²) in [4.78, 5) is 36.9. The van der Waals surface area contributed by atoms with E-state index in [1.165, 1.54) is 4.90 Å². The Hall–Kier alpha value is -2.08. The van der Waals surface area contributed by atoms with Crippen LogP contribution in [0.15, 0.2) is 24.3 Å². The Balaban J connectivity index is 2.01. The van der Waals surface area contributed by atoms with Crippen molar-refractivity contribution in [3.05, 3.63) is 29.3 Å². The molecule has 1 aliphatic heterocycles. The minimum absolute atomic E-state index is 0.0252. The van der Waals surface area contributed by atoms with Gasteiger partial charge in [-0.2, -0.15) is 0 Å².